The lowest BCUT2D eigenvalue weighted by Crippen LogP contribution is -2.35. The van der Waals surface area contributed by atoms with Gasteiger partial charge in [-0.1, -0.05) is 32.9 Å². The Hall–Kier alpha value is -0.940. The molecule has 1 saturated heterocycles. The summed E-state index contributed by atoms with van der Waals surface area (Å²) in [5, 5.41) is 13.4. The Morgan fingerprint density at radius 1 is 1.44 bits per heavy atom. The third kappa shape index (κ3) is 2.72. The average molecular weight is 253 g/mol. The van der Waals surface area contributed by atoms with Gasteiger partial charge in [0.1, 0.15) is 0 Å². The quantitative estimate of drug-likeness (QED) is 0.886. The van der Waals surface area contributed by atoms with Crippen LogP contribution < -0.4 is 0 Å². The van der Waals surface area contributed by atoms with Gasteiger partial charge in [-0.25, -0.2) is 0 Å². The summed E-state index contributed by atoms with van der Waals surface area (Å²) in [5.74, 6) is 1.92. The first kappa shape index (κ1) is 13.5. The van der Waals surface area contributed by atoms with Gasteiger partial charge < -0.3 is 9.63 Å². The van der Waals surface area contributed by atoms with Crippen LogP contribution in [0.25, 0.3) is 0 Å². The lowest BCUT2D eigenvalue weighted by atomic mass is 9.97. The van der Waals surface area contributed by atoms with Crippen molar-refractivity contribution in [1.82, 2.24) is 15.0 Å². The highest BCUT2D eigenvalue weighted by molar-refractivity contribution is 4.99. The van der Waals surface area contributed by atoms with Gasteiger partial charge in [0.25, 0.3) is 0 Å². The Morgan fingerprint density at radius 3 is 2.72 bits per heavy atom. The smallest absolute Gasteiger partial charge is 0.232 e. The second-order valence-corrected chi connectivity index (χ2v) is 6.25. The highest BCUT2D eigenvalue weighted by Crippen LogP contribution is 2.25. The predicted octanol–water partition coefficient (Wildman–Crippen LogP) is 1.57. The molecule has 1 aliphatic heterocycles. The van der Waals surface area contributed by atoms with E-state index < -0.39 is 0 Å². The number of hydrogen-bond acceptors (Lipinski definition) is 5. The van der Waals surface area contributed by atoms with Crippen LogP contribution in [0.2, 0.25) is 0 Å². The van der Waals surface area contributed by atoms with E-state index in [1.54, 1.807) is 0 Å². The highest BCUT2D eigenvalue weighted by Gasteiger charge is 2.31. The van der Waals surface area contributed by atoms with Crippen molar-refractivity contribution in [3.63, 3.8) is 0 Å². The summed E-state index contributed by atoms with van der Waals surface area (Å²) in [6.07, 6.45) is 1.12. The Bertz CT molecular complexity index is 397. The maximum Gasteiger partial charge on any atom is 0.232 e. The standard InChI is InChI=1S/C13H23N3O2/c1-9-5-6-16(10(9)8-17)7-11-14-12(18-15-11)13(2,3)4/h9-10,17H,5-8H2,1-4H3. The molecule has 1 N–H and O–H groups in total. The molecule has 0 aromatic carbocycles. The summed E-state index contributed by atoms with van der Waals surface area (Å²) < 4.78 is 5.28. The number of aliphatic hydroxyl groups excluding tert-OH is 1. The largest absolute Gasteiger partial charge is 0.395 e. The van der Waals surface area contributed by atoms with Crippen molar-refractivity contribution in [3.05, 3.63) is 11.7 Å². The molecule has 2 heterocycles. The molecular weight excluding hydrogens is 230 g/mol. The monoisotopic (exact) mass is 253 g/mol. The van der Waals surface area contributed by atoms with E-state index in [2.05, 4.69) is 42.7 Å². The van der Waals surface area contributed by atoms with Crippen molar-refractivity contribution in [2.24, 2.45) is 5.92 Å². The van der Waals surface area contributed by atoms with Gasteiger partial charge in [0.2, 0.25) is 5.89 Å². The first-order chi connectivity index (χ1) is 8.41. The molecule has 18 heavy (non-hydrogen) atoms. The van der Waals surface area contributed by atoms with Crippen molar-refractivity contribution in [2.45, 2.75) is 52.1 Å². The zero-order chi connectivity index (χ0) is 13.3. The van der Waals surface area contributed by atoms with E-state index in [9.17, 15) is 5.11 Å². The number of hydrogen-bond donors (Lipinski definition) is 1. The second kappa shape index (κ2) is 4.97. The van der Waals surface area contributed by atoms with Gasteiger partial charge in [0, 0.05) is 11.5 Å². The lowest BCUT2D eigenvalue weighted by Gasteiger charge is -2.23. The van der Waals surface area contributed by atoms with Crippen molar-refractivity contribution in [2.75, 3.05) is 13.2 Å². The molecule has 0 saturated carbocycles. The van der Waals surface area contributed by atoms with E-state index >= 15 is 0 Å². The summed E-state index contributed by atoms with van der Waals surface area (Å²) in [5.41, 5.74) is -0.111. The van der Waals surface area contributed by atoms with Gasteiger partial charge in [-0.2, -0.15) is 4.98 Å². The molecule has 0 bridgehead atoms. The van der Waals surface area contributed by atoms with E-state index in [1.807, 2.05) is 0 Å². The Labute approximate surface area is 108 Å². The van der Waals surface area contributed by atoms with Crippen LogP contribution in [-0.4, -0.2) is 39.3 Å². The van der Waals surface area contributed by atoms with Gasteiger partial charge in [0.05, 0.1) is 13.2 Å². The van der Waals surface area contributed by atoms with E-state index in [0.717, 1.165) is 13.0 Å². The molecule has 0 aliphatic carbocycles. The third-order valence-electron chi connectivity index (χ3n) is 3.64. The van der Waals surface area contributed by atoms with Crippen molar-refractivity contribution >= 4 is 0 Å². The first-order valence-corrected chi connectivity index (χ1v) is 6.60. The number of aliphatic hydroxyl groups is 1. The van der Waals surface area contributed by atoms with Gasteiger partial charge in [-0.3, -0.25) is 4.90 Å². The molecule has 1 aliphatic rings. The second-order valence-electron chi connectivity index (χ2n) is 6.25. The van der Waals surface area contributed by atoms with Gasteiger partial charge in [-0.15, -0.1) is 0 Å². The number of likely N-dealkylation sites (tertiary alicyclic amines) is 1. The fraction of sp³-hybridized carbons (Fsp3) is 0.846. The van der Waals surface area contributed by atoms with E-state index in [0.29, 0.717) is 24.2 Å². The van der Waals surface area contributed by atoms with E-state index in [-0.39, 0.29) is 18.1 Å². The molecule has 1 fully saturated rings. The van der Waals surface area contributed by atoms with Crippen molar-refractivity contribution in [3.8, 4) is 0 Å². The molecule has 5 heteroatoms. The molecule has 5 nitrogen and oxygen atoms in total. The summed E-state index contributed by atoms with van der Waals surface area (Å²) in [7, 11) is 0. The minimum Gasteiger partial charge on any atom is -0.395 e. The zero-order valence-corrected chi connectivity index (χ0v) is 11.7. The molecule has 0 spiro atoms. The zero-order valence-electron chi connectivity index (χ0n) is 11.7. The van der Waals surface area contributed by atoms with Gasteiger partial charge >= 0.3 is 0 Å². The van der Waals surface area contributed by atoms with Crippen LogP contribution in [0.4, 0.5) is 0 Å². The molecule has 0 amide bonds. The molecule has 1 aromatic rings. The van der Waals surface area contributed by atoms with Crippen LogP contribution in [0.1, 0.15) is 45.8 Å². The van der Waals surface area contributed by atoms with Crippen LogP contribution in [0.5, 0.6) is 0 Å². The van der Waals surface area contributed by atoms with Crippen LogP contribution in [0.3, 0.4) is 0 Å². The van der Waals surface area contributed by atoms with Crippen LogP contribution >= 0.6 is 0 Å². The molecule has 102 valence electrons. The topological polar surface area (TPSA) is 62.4 Å². The lowest BCUT2D eigenvalue weighted by molar-refractivity contribution is 0.131. The fourth-order valence-corrected chi connectivity index (χ4v) is 2.38. The Balaban J connectivity index is 2.04. The Kier molecular flexibility index (Phi) is 3.73. The number of rotatable bonds is 3. The van der Waals surface area contributed by atoms with E-state index in [1.165, 1.54) is 0 Å². The van der Waals surface area contributed by atoms with Crippen LogP contribution in [-0.2, 0) is 12.0 Å². The van der Waals surface area contributed by atoms with Gasteiger partial charge in [0.15, 0.2) is 5.82 Å². The summed E-state index contributed by atoms with van der Waals surface area (Å²) in [6, 6.07) is 0.224. The molecular formula is C13H23N3O2. The minimum atomic E-state index is -0.111. The van der Waals surface area contributed by atoms with Crippen molar-refractivity contribution < 1.29 is 9.63 Å². The molecule has 2 atom stereocenters. The SMILES string of the molecule is CC1CCN(Cc2noc(C(C)(C)C)n2)C1CO. The predicted molar refractivity (Wildman–Crippen MR) is 68.1 cm³/mol. The molecule has 2 rings (SSSR count). The fourth-order valence-electron chi connectivity index (χ4n) is 2.38. The summed E-state index contributed by atoms with van der Waals surface area (Å²) in [6.45, 7) is 10.2. The average Bonchev–Trinajstić information content (AvgIpc) is 2.86. The molecule has 0 radical (unpaired) electrons. The van der Waals surface area contributed by atoms with E-state index in [4.69, 9.17) is 4.52 Å². The van der Waals surface area contributed by atoms with Crippen LogP contribution in [0, 0.1) is 5.92 Å². The maximum atomic E-state index is 9.41. The normalized spacial score (nSPS) is 25.8. The summed E-state index contributed by atoms with van der Waals surface area (Å²) >= 11 is 0. The molecule has 2 unspecified atom stereocenters. The minimum absolute atomic E-state index is 0.111. The van der Waals surface area contributed by atoms with Crippen molar-refractivity contribution in [1.29, 1.82) is 0 Å². The first-order valence-electron chi connectivity index (χ1n) is 6.60. The Morgan fingerprint density at radius 2 is 2.17 bits per heavy atom. The third-order valence-corrected chi connectivity index (χ3v) is 3.64. The van der Waals surface area contributed by atoms with Gasteiger partial charge in [-0.05, 0) is 18.9 Å². The number of aromatic nitrogens is 2. The number of nitrogens with zero attached hydrogens (tertiary/aromatic N) is 3. The molecule has 1 aromatic heterocycles. The summed E-state index contributed by atoms with van der Waals surface area (Å²) in [4.78, 5) is 6.68. The van der Waals surface area contributed by atoms with Crippen LogP contribution in [0.15, 0.2) is 4.52 Å². The maximum absolute atomic E-state index is 9.41. The highest BCUT2D eigenvalue weighted by atomic mass is 16.5.